The summed E-state index contributed by atoms with van der Waals surface area (Å²) in [6.07, 6.45) is 3.56. The molecule has 6 nitrogen and oxygen atoms in total. The summed E-state index contributed by atoms with van der Waals surface area (Å²) in [6, 6.07) is 15.9. The van der Waals surface area contributed by atoms with Gasteiger partial charge in [0.15, 0.2) is 0 Å². The van der Waals surface area contributed by atoms with Crippen LogP contribution in [0.25, 0.3) is 6.08 Å². The molecule has 1 fully saturated rings. The molecule has 2 aromatic rings. The van der Waals surface area contributed by atoms with Crippen molar-refractivity contribution in [2.24, 2.45) is 0 Å². The summed E-state index contributed by atoms with van der Waals surface area (Å²) in [4.78, 5) is 27.9. The van der Waals surface area contributed by atoms with Crippen molar-refractivity contribution in [2.75, 3.05) is 39.8 Å². The normalized spacial score (nSPS) is 14.6. The lowest BCUT2D eigenvalue weighted by atomic mass is 10.1. The van der Waals surface area contributed by atoms with Crippen molar-refractivity contribution in [3.8, 4) is 5.75 Å². The molecular formula is C25H32N3O3+. The third-order valence-electron chi connectivity index (χ3n) is 5.71. The highest BCUT2D eigenvalue weighted by atomic mass is 16.5. The van der Waals surface area contributed by atoms with Gasteiger partial charge < -0.3 is 19.9 Å². The molecule has 0 aromatic heterocycles. The monoisotopic (exact) mass is 422 g/mol. The van der Waals surface area contributed by atoms with E-state index < -0.39 is 0 Å². The second-order valence-corrected chi connectivity index (χ2v) is 7.88. The Labute approximate surface area is 184 Å². The molecule has 2 amide bonds. The van der Waals surface area contributed by atoms with Gasteiger partial charge in [-0.25, -0.2) is 0 Å². The Balaban J connectivity index is 1.35. The highest BCUT2D eigenvalue weighted by molar-refractivity contribution is 5.92. The first-order chi connectivity index (χ1) is 15.0. The van der Waals surface area contributed by atoms with Gasteiger partial charge in [0.1, 0.15) is 12.3 Å². The zero-order valence-electron chi connectivity index (χ0n) is 18.4. The summed E-state index contributed by atoms with van der Waals surface area (Å²) >= 11 is 0. The van der Waals surface area contributed by atoms with Crippen molar-refractivity contribution in [1.29, 1.82) is 0 Å². The lowest BCUT2D eigenvalue weighted by Crippen LogP contribution is -3.13. The molecule has 1 aliphatic heterocycles. The van der Waals surface area contributed by atoms with Gasteiger partial charge in [-0.05, 0) is 36.3 Å². The molecule has 0 saturated carbocycles. The van der Waals surface area contributed by atoms with Crippen molar-refractivity contribution in [3.05, 3.63) is 71.3 Å². The molecule has 0 radical (unpaired) electrons. The summed E-state index contributed by atoms with van der Waals surface area (Å²) < 4.78 is 5.12. The lowest BCUT2D eigenvalue weighted by molar-refractivity contribution is -0.917. The summed E-state index contributed by atoms with van der Waals surface area (Å²) in [7, 11) is 1.62. The number of nitrogens with one attached hydrogen (secondary N) is 2. The predicted molar refractivity (Wildman–Crippen MR) is 122 cm³/mol. The van der Waals surface area contributed by atoms with Crippen LogP contribution in [0.2, 0.25) is 0 Å². The Morgan fingerprint density at radius 1 is 1.10 bits per heavy atom. The zero-order chi connectivity index (χ0) is 22.1. The number of rotatable bonds is 8. The molecule has 6 heteroatoms. The molecule has 2 N–H and O–H groups in total. The third kappa shape index (κ3) is 6.96. The van der Waals surface area contributed by atoms with Gasteiger partial charge in [0.2, 0.25) is 11.8 Å². The fraction of sp³-hybridized carbons (Fsp3) is 0.360. The second-order valence-electron chi connectivity index (χ2n) is 7.88. The number of carbonyl (C=O) groups excluding carboxylic acids is 2. The fourth-order valence-electron chi connectivity index (χ4n) is 3.72. The van der Waals surface area contributed by atoms with Crippen LogP contribution in [-0.4, -0.2) is 56.5 Å². The maximum absolute atomic E-state index is 12.5. The van der Waals surface area contributed by atoms with Gasteiger partial charge in [-0.15, -0.1) is 0 Å². The van der Waals surface area contributed by atoms with Crippen molar-refractivity contribution in [2.45, 2.75) is 19.9 Å². The van der Waals surface area contributed by atoms with E-state index in [-0.39, 0.29) is 11.8 Å². The van der Waals surface area contributed by atoms with E-state index in [0.29, 0.717) is 13.0 Å². The summed E-state index contributed by atoms with van der Waals surface area (Å²) in [6.45, 7) is 6.95. The van der Waals surface area contributed by atoms with E-state index in [1.807, 2.05) is 29.2 Å². The third-order valence-corrected chi connectivity index (χ3v) is 5.71. The number of aryl methyl sites for hydroxylation is 1. The quantitative estimate of drug-likeness (QED) is 0.633. The van der Waals surface area contributed by atoms with Crippen LogP contribution in [-0.2, 0) is 16.1 Å². The zero-order valence-corrected chi connectivity index (χ0v) is 18.4. The highest BCUT2D eigenvalue weighted by Gasteiger charge is 2.23. The van der Waals surface area contributed by atoms with Gasteiger partial charge in [0, 0.05) is 24.6 Å². The number of ether oxygens (including phenoxy) is 1. The maximum atomic E-state index is 12.5. The Bertz CT molecular complexity index is 900. The summed E-state index contributed by atoms with van der Waals surface area (Å²) in [5.41, 5.74) is 3.62. The number of methoxy groups -OCH3 is 1. The Morgan fingerprint density at radius 3 is 2.48 bits per heavy atom. The number of quaternary nitrogens is 1. The van der Waals surface area contributed by atoms with Gasteiger partial charge >= 0.3 is 0 Å². The maximum Gasteiger partial charge on any atom is 0.244 e. The van der Waals surface area contributed by atoms with Crippen LogP contribution in [0.1, 0.15) is 23.1 Å². The standard InChI is InChI=1S/C25H31N3O3/c1-20-5-3-4-6-22(20)19-27-15-17-28(18-16-27)25(30)13-14-26-24(29)12-9-21-7-10-23(31-2)11-8-21/h3-12H,13-19H2,1-2H3,(H,26,29)/p+1/b12-9+. The lowest BCUT2D eigenvalue weighted by Gasteiger charge is -2.32. The van der Waals surface area contributed by atoms with Crippen molar-refractivity contribution in [3.63, 3.8) is 0 Å². The smallest absolute Gasteiger partial charge is 0.244 e. The summed E-state index contributed by atoms with van der Waals surface area (Å²) in [5.74, 6) is 0.684. The Kier molecular flexibility index (Phi) is 8.24. The van der Waals surface area contributed by atoms with Crippen molar-refractivity contribution < 1.29 is 19.2 Å². The molecule has 164 valence electrons. The minimum absolute atomic E-state index is 0.106. The van der Waals surface area contributed by atoms with Crippen molar-refractivity contribution >= 4 is 17.9 Å². The summed E-state index contributed by atoms with van der Waals surface area (Å²) in [5, 5.41) is 2.79. The largest absolute Gasteiger partial charge is 0.497 e. The molecule has 0 unspecified atom stereocenters. The molecule has 1 heterocycles. The molecule has 2 aromatic carbocycles. The highest BCUT2D eigenvalue weighted by Crippen LogP contribution is 2.12. The molecule has 0 spiro atoms. The first-order valence-electron chi connectivity index (χ1n) is 10.8. The minimum Gasteiger partial charge on any atom is -0.497 e. The van der Waals surface area contributed by atoms with E-state index in [4.69, 9.17) is 4.74 Å². The molecule has 3 rings (SSSR count). The predicted octanol–water partition coefficient (Wildman–Crippen LogP) is 1.45. The number of piperazine rings is 1. The number of amides is 2. The minimum atomic E-state index is -0.198. The van der Waals surface area contributed by atoms with Gasteiger partial charge in [-0.2, -0.15) is 0 Å². The number of hydrogen-bond donors (Lipinski definition) is 2. The van der Waals surface area contributed by atoms with E-state index >= 15 is 0 Å². The van der Waals surface area contributed by atoms with Gasteiger partial charge in [0.05, 0.1) is 33.3 Å². The first-order valence-corrected chi connectivity index (χ1v) is 10.8. The topological polar surface area (TPSA) is 63.1 Å². The van der Waals surface area contributed by atoms with E-state index in [1.54, 1.807) is 13.2 Å². The van der Waals surface area contributed by atoms with Gasteiger partial charge in [0.25, 0.3) is 0 Å². The average Bonchev–Trinajstić information content (AvgIpc) is 2.80. The number of benzene rings is 2. The van der Waals surface area contributed by atoms with Crippen LogP contribution < -0.4 is 15.0 Å². The first kappa shape index (κ1) is 22.6. The molecule has 31 heavy (non-hydrogen) atoms. The second kappa shape index (κ2) is 11.3. The van der Waals surface area contributed by atoms with Crippen LogP contribution in [0.5, 0.6) is 5.75 Å². The van der Waals surface area contributed by atoms with E-state index in [2.05, 4.69) is 36.5 Å². The average molecular weight is 423 g/mol. The molecule has 1 saturated heterocycles. The van der Waals surface area contributed by atoms with Gasteiger partial charge in [-0.1, -0.05) is 36.4 Å². The fourth-order valence-corrected chi connectivity index (χ4v) is 3.72. The molecule has 0 bridgehead atoms. The van der Waals surface area contributed by atoms with Crippen LogP contribution in [0.4, 0.5) is 0 Å². The van der Waals surface area contributed by atoms with Gasteiger partial charge in [-0.3, -0.25) is 9.59 Å². The van der Waals surface area contributed by atoms with E-state index in [0.717, 1.165) is 44.0 Å². The SMILES string of the molecule is COc1ccc(/C=C/C(=O)NCCC(=O)N2CC[NH+](Cc3ccccc3C)CC2)cc1. The molecular weight excluding hydrogens is 390 g/mol. The number of carbonyl (C=O) groups is 2. The van der Waals surface area contributed by atoms with Crippen LogP contribution >= 0.6 is 0 Å². The Hall–Kier alpha value is -3.12. The molecule has 0 aliphatic carbocycles. The van der Waals surface area contributed by atoms with Crippen LogP contribution in [0.3, 0.4) is 0 Å². The van der Waals surface area contributed by atoms with E-state index in [9.17, 15) is 9.59 Å². The molecule has 1 aliphatic rings. The number of nitrogens with zero attached hydrogens (tertiary/aromatic N) is 1. The molecule has 0 atom stereocenters. The Morgan fingerprint density at radius 2 is 1.81 bits per heavy atom. The number of hydrogen-bond acceptors (Lipinski definition) is 3. The van der Waals surface area contributed by atoms with Crippen LogP contribution in [0, 0.1) is 6.92 Å². The van der Waals surface area contributed by atoms with Crippen LogP contribution in [0.15, 0.2) is 54.6 Å². The van der Waals surface area contributed by atoms with Crippen molar-refractivity contribution in [1.82, 2.24) is 10.2 Å². The van der Waals surface area contributed by atoms with E-state index in [1.165, 1.54) is 22.1 Å².